The van der Waals surface area contributed by atoms with Gasteiger partial charge < -0.3 is 143 Å². The van der Waals surface area contributed by atoms with Crippen molar-refractivity contribution in [3.63, 3.8) is 0 Å². The third kappa shape index (κ3) is 26.2. The summed E-state index contributed by atoms with van der Waals surface area (Å²) in [5.41, 5.74) is 23.4. The number of thiol groups is 1. The van der Waals surface area contributed by atoms with Gasteiger partial charge in [0.25, 0.3) is 22.2 Å². The molecule has 6 aliphatic heterocycles. The van der Waals surface area contributed by atoms with Gasteiger partial charge >= 0.3 is 52.9 Å². The fourth-order valence-electron chi connectivity index (χ4n) is 16.7. The number of nitrogens with one attached hydrogen (secondary N) is 4. The normalized spacial score (nSPS) is 29.0. The first-order chi connectivity index (χ1) is 69.8. The molecular weight excluding hydrogens is 2130 g/mol. The van der Waals surface area contributed by atoms with Crippen LogP contribution in [-0.2, 0) is 158 Å². The zero-order valence-electron chi connectivity index (χ0n) is 79.1. The van der Waals surface area contributed by atoms with E-state index in [2.05, 4.69) is 72.1 Å². The first kappa shape index (κ1) is 113. The molecule has 812 valence electrons. The van der Waals surface area contributed by atoms with Crippen molar-refractivity contribution < 1.29 is 159 Å². The molecule has 0 aromatic carbocycles. The number of nitrogen functional groups attached to an aromatic ring is 5. The van der Waals surface area contributed by atoms with Crippen LogP contribution >= 0.6 is 48.1 Å². The molecule has 9 aromatic rings. The first-order valence-corrected chi connectivity index (χ1v) is 55.3. The van der Waals surface area contributed by atoms with Crippen LogP contribution in [0, 0.1) is 20.8 Å². The minimum absolute atomic E-state index is 0.0229. The zero-order chi connectivity index (χ0) is 106. The Morgan fingerprint density at radius 2 is 0.728 bits per heavy atom. The summed E-state index contributed by atoms with van der Waals surface area (Å²) in [6.07, 6.45) is -30.9. The van der Waals surface area contributed by atoms with Crippen LogP contribution in [0.25, 0.3) is 33.5 Å². The van der Waals surface area contributed by atoms with Crippen LogP contribution < -0.4 is 68.0 Å². The number of imidazole rings is 3. The number of aliphatic hydroxyl groups is 1. The third-order valence-electron chi connectivity index (χ3n) is 23.6. The summed E-state index contributed by atoms with van der Waals surface area (Å²) < 4.78 is 209. The Bertz CT molecular complexity index is 6890. The lowest BCUT2D eigenvalue weighted by Crippen LogP contribution is -2.41. The number of rotatable bonds is 51. The van der Waals surface area contributed by atoms with E-state index >= 15 is 13.7 Å². The smallest absolute Gasteiger partial charge is 0.387 e. The molecule has 0 aliphatic carbocycles. The Hall–Kier alpha value is -8.41. The third-order valence-corrected chi connectivity index (χ3v) is 30.3. The second-order valence-electron chi connectivity index (χ2n) is 33.5. The SMILES string of the molecule is COCCOC1[C@@H](O)[C@@H](COP(=O)(S)O[C@@H]2C(OCCOC)[C@H](n3cnc4c(=O)[nH]c(N)nc43)O[C@@H]2COP(O)(=S)O[C@@H]2C(OCCOC)[C@H](n3cnc4c(=O)[nH]c(N)nc43)O[C@@H]2COP(=O)(O)O[C@@H]2C(OCCOC)[C@H](n3cc(C)c(N)nc3=O)O[C@@H]2COP(=O)(O)O[C@@H]2C(OCCOC)[C@H](n3cnc4c(=O)[nH]c(N)nc43)O[C@@H]2COP(O)(=S)O[C@@H]2C[C@H](n3cc(C)c(=O)[nH]c3=O)O[C@@H]2C)O[C@H]1n1cc(C)c(N)nc1=O. The lowest BCUT2D eigenvalue weighted by atomic mass is 10.1. The number of phosphoric ester groups is 2. The van der Waals surface area contributed by atoms with Crippen LogP contribution in [-0.4, -0.2) is 350 Å². The summed E-state index contributed by atoms with van der Waals surface area (Å²) in [5.74, 6) is -1.57. The van der Waals surface area contributed by atoms with E-state index in [1.807, 2.05) is 0 Å². The number of hydrogen-bond acceptors (Lipinski definition) is 52. The van der Waals surface area contributed by atoms with Crippen LogP contribution in [0.1, 0.15) is 67.4 Å². The summed E-state index contributed by atoms with van der Waals surface area (Å²) in [5, 5.41) is 11.8. The Kier molecular flexibility index (Phi) is 36.7. The molecule has 64 nitrogen and oxygen atoms in total. The molecule has 0 radical (unpaired) electrons. The van der Waals surface area contributed by atoms with Gasteiger partial charge in [0.15, 0.2) is 64.6 Å². The van der Waals surface area contributed by atoms with Crippen molar-refractivity contribution in [3.8, 4) is 0 Å². The molecule has 0 amide bonds. The number of aromatic amines is 4. The standard InChI is InChI=1S/C75H108N23O41P5S3/c1-32-21-94(73(104)84-56(32)76)65-51(119-15-10-114-5)46(99)37(130-65)24-126-143(112,146)139-50-41(134-69(55(50)123-19-14-118-9)98-31-83-45-60(98)88-72(80)91-64(45)103)28-128-144(113,147)138-49-39(132-68(54(49)122-18-13-117-8)97-30-82-44-59(97)87-71(79)90-63(44)102)26-125-141(109,110)136-47-38(131-66(52(47)120-16-11-115-6)95-22-33(2)57(77)85-74(95)105)25-124-140(107,108)137-48-40(133-67(53(48)121-17-12-116-7)96-29-81-43-58(96)86-70(78)89-62(43)101)27-127-142(111,145)135-36-20-42(129-35(36)4)93-23-34(3)61(100)92-75(93)106/h21-23,29-31,35-42,46-55,65-69,99H,10-20,24-28H2,1-9H3,(H,107,108)(H,109,110)(H,111,145)(H,112,146)(H,113,147)(H2,76,84,104)(H2,77,85,105)(H,92,100,106)(H3,78,86,89,101)(H3,79,87,90,102)(H3,80,88,91,103)/t35-,36-,37-,38-,39-,40-,41-,42-,46+,47+,48+,49+,50+,51?,52?,53?,54?,55?,65-,66-,67-,68-,69-,142?,143?,144?/m1/s1. The Morgan fingerprint density at radius 3 is 1.12 bits per heavy atom. The topological polar surface area (TPSA) is 838 Å². The Labute approximate surface area is 842 Å². The minimum Gasteiger partial charge on any atom is -0.387 e. The fraction of sp³-hybridized carbons (Fsp3) is 0.640. The molecule has 28 atom stereocenters. The van der Waals surface area contributed by atoms with Gasteiger partial charge in [0.2, 0.25) is 17.8 Å². The number of aliphatic hydroxyl groups excluding tert-OH is 1. The van der Waals surface area contributed by atoms with Gasteiger partial charge in [-0.1, -0.05) is 12.2 Å². The van der Waals surface area contributed by atoms with E-state index < -0.39 is 268 Å². The van der Waals surface area contributed by atoms with Gasteiger partial charge in [-0.2, -0.15) is 24.9 Å². The van der Waals surface area contributed by atoms with Crippen LogP contribution in [0.5, 0.6) is 0 Å². The van der Waals surface area contributed by atoms with Crippen molar-refractivity contribution in [3.05, 3.63) is 127 Å². The molecule has 19 N–H and O–H groups in total. The van der Waals surface area contributed by atoms with Crippen molar-refractivity contribution in [2.75, 3.05) is 163 Å². The molecule has 147 heavy (non-hydrogen) atoms. The molecule has 6 saturated heterocycles. The van der Waals surface area contributed by atoms with Crippen molar-refractivity contribution >= 4 is 135 Å². The fourth-order valence-corrected chi connectivity index (χ4v) is 23.0. The van der Waals surface area contributed by atoms with Crippen molar-refractivity contribution in [1.29, 1.82) is 0 Å². The molecule has 0 saturated carbocycles. The van der Waals surface area contributed by atoms with Crippen LogP contribution in [0.15, 0.2) is 71.1 Å². The zero-order valence-corrected chi connectivity index (χ0v) is 86.1. The average Bonchev–Trinajstić information content (AvgIpc) is 1.61. The Balaban J connectivity index is 0.731. The predicted octanol–water partition coefficient (Wildman–Crippen LogP) is -2.72. The van der Waals surface area contributed by atoms with Gasteiger partial charge in [0.1, 0.15) is 109 Å². The summed E-state index contributed by atoms with van der Waals surface area (Å²) in [7, 11) is -5.18. The predicted molar refractivity (Wildman–Crippen MR) is 510 cm³/mol. The second kappa shape index (κ2) is 47.9. The molecule has 10 unspecified atom stereocenters. The molecule has 6 aliphatic rings. The number of fused-ring (bicyclic) bond motifs is 3. The number of nitrogens with two attached hydrogens (primary N) is 5. The summed E-state index contributed by atoms with van der Waals surface area (Å²) in [6, 6.07) is 0. The minimum atomic E-state index is -5.98. The van der Waals surface area contributed by atoms with E-state index in [-0.39, 0.29) is 128 Å². The van der Waals surface area contributed by atoms with Crippen LogP contribution in [0.4, 0.5) is 29.5 Å². The molecular formula is C75H108N23O41P5S3. The maximum Gasteiger partial charge on any atom is 0.472 e. The number of hydrogen-bond donors (Lipinski definition) is 15. The molecule has 72 heteroatoms. The molecule has 9 aromatic heterocycles. The largest absolute Gasteiger partial charge is 0.472 e. The highest BCUT2D eigenvalue weighted by molar-refractivity contribution is 8.44. The van der Waals surface area contributed by atoms with Gasteiger partial charge in [-0.15, -0.1) is 0 Å². The van der Waals surface area contributed by atoms with Crippen molar-refractivity contribution in [2.24, 2.45) is 0 Å². The van der Waals surface area contributed by atoms with E-state index in [0.29, 0.717) is 5.56 Å². The van der Waals surface area contributed by atoms with E-state index in [1.54, 1.807) is 13.8 Å². The highest BCUT2D eigenvalue weighted by atomic mass is 32.7. The van der Waals surface area contributed by atoms with Gasteiger partial charge in [0.05, 0.1) is 130 Å². The molecule has 15 heterocycles. The molecule has 0 bridgehead atoms. The average molecular weight is 2240 g/mol. The summed E-state index contributed by atoms with van der Waals surface area (Å²) in [4.78, 5) is 185. The highest BCUT2D eigenvalue weighted by Crippen LogP contribution is 2.60. The molecule has 15 rings (SSSR count). The van der Waals surface area contributed by atoms with Gasteiger partial charge in [-0.25, -0.2) is 43.0 Å². The molecule has 0 spiro atoms. The van der Waals surface area contributed by atoms with Gasteiger partial charge in [0, 0.05) is 77.3 Å². The highest BCUT2D eigenvalue weighted by Gasteiger charge is 2.59. The Morgan fingerprint density at radius 1 is 0.401 bits per heavy atom. The van der Waals surface area contributed by atoms with Crippen molar-refractivity contribution in [1.82, 2.24) is 87.2 Å². The van der Waals surface area contributed by atoms with E-state index in [9.17, 15) is 58.2 Å². The summed E-state index contributed by atoms with van der Waals surface area (Å²) >= 11 is 15.8. The lowest BCUT2D eigenvalue weighted by Gasteiger charge is -2.30. The molecule has 6 fully saturated rings. The van der Waals surface area contributed by atoms with E-state index in [1.165, 1.54) is 72.6 Å². The number of aromatic nitrogens is 18. The number of phosphoric acid groups is 2. The number of H-pyrrole nitrogens is 4. The van der Waals surface area contributed by atoms with Crippen molar-refractivity contribution in [2.45, 2.75) is 175 Å². The van der Waals surface area contributed by atoms with Gasteiger partial charge in [-0.3, -0.25) is 98.2 Å². The number of aryl methyl sites for hydroxylation is 3. The lowest BCUT2D eigenvalue weighted by molar-refractivity contribution is -0.0843. The number of ether oxygens (including phenoxy) is 16. The first-order valence-electron chi connectivity index (χ1n) is 44.4. The number of anilines is 5. The maximum atomic E-state index is 15.5. The maximum absolute atomic E-state index is 15.5. The van der Waals surface area contributed by atoms with Gasteiger partial charge in [-0.05, 0) is 51.3 Å². The van der Waals surface area contributed by atoms with E-state index in [4.69, 9.17) is 173 Å². The van der Waals surface area contributed by atoms with Crippen LogP contribution in [0.3, 0.4) is 0 Å². The quantitative estimate of drug-likeness (QED) is 0.0105. The van der Waals surface area contributed by atoms with Crippen LogP contribution in [0.2, 0.25) is 0 Å². The number of methoxy groups -OCH3 is 5. The number of nitrogens with zero attached hydrogens (tertiary/aromatic N) is 14. The summed E-state index contributed by atoms with van der Waals surface area (Å²) in [6.45, 7) is -16.2. The second-order valence-corrected chi connectivity index (χ2v) is 44.8. The monoisotopic (exact) mass is 2240 g/mol. The van der Waals surface area contributed by atoms with E-state index in [0.717, 1.165) is 41.8 Å².